The minimum Gasteiger partial charge on any atom is -0.497 e. The molecule has 1 aliphatic rings. The smallest absolute Gasteiger partial charge is 0.264 e. The zero-order chi connectivity index (χ0) is 30.3. The number of rotatable bonds is 12. The number of carbonyl (C=O) groups is 2. The van der Waals surface area contributed by atoms with Crippen LogP contribution in [0.4, 0.5) is 5.69 Å². The van der Waals surface area contributed by atoms with Gasteiger partial charge in [0.1, 0.15) is 18.3 Å². The lowest BCUT2D eigenvalue weighted by molar-refractivity contribution is -0.140. The highest BCUT2D eigenvalue weighted by atomic mass is 35.5. The van der Waals surface area contributed by atoms with E-state index in [9.17, 15) is 18.0 Å². The van der Waals surface area contributed by atoms with Crippen LogP contribution >= 0.6 is 11.6 Å². The van der Waals surface area contributed by atoms with Crippen LogP contribution in [0.1, 0.15) is 50.2 Å². The first-order valence-corrected chi connectivity index (χ1v) is 16.0. The summed E-state index contributed by atoms with van der Waals surface area (Å²) in [4.78, 5) is 29.3. The van der Waals surface area contributed by atoms with Gasteiger partial charge in [0.15, 0.2) is 0 Å². The van der Waals surface area contributed by atoms with Gasteiger partial charge in [-0.3, -0.25) is 13.9 Å². The maximum atomic E-state index is 14.2. The van der Waals surface area contributed by atoms with E-state index in [4.69, 9.17) is 16.3 Å². The number of halogens is 1. The molecule has 1 fully saturated rings. The molecule has 3 aromatic carbocycles. The predicted octanol–water partition coefficient (Wildman–Crippen LogP) is 5.72. The number of sulfonamides is 1. The van der Waals surface area contributed by atoms with E-state index in [0.29, 0.717) is 12.2 Å². The van der Waals surface area contributed by atoms with Crippen LogP contribution in [-0.4, -0.2) is 50.9 Å². The summed E-state index contributed by atoms with van der Waals surface area (Å²) in [5.74, 6) is -0.0940. The number of ether oxygens (including phenoxy) is 1. The molecule has 8 nitrogen and oxygen atoms in total. The third-order valence-electron chi connectivity index (χ3n) is 7.61. The lowest BCUT2D eigenvalue weighted by Crippen LogP contribution is -2.53. The van der Waals surface area contributed by atoms with Crippen molar-refractivity contribution in [2.75, 3.05) is 18.0 Å². The van der Waals surface area contributed by atoms with Crippen LogP contribution in [0.25, 0.3) is 0 Å². The van der Waals surface area contributed by atoms with Crippen molar-refractivity contribution in [3.63, 3.8) is 0 Å². The van der Waals surface area contributed by atoms with E-state index in [1.807, 2.05) is 26.0 Å². The summed E-state index contributed by atoms with van der Waals surface area (Å²) in [5, 5.41) is 3.31. The van der Waals surface area contributed by atoms with Crippen LogP contribution in [0.3, 0.4) is 0 Å². The average molecular weight is 612 g/mol. The molecular weight excluding hydrogens is 574 g/mol. The van der Waals surface area contributed by atoms with Gasteiger partial charge in [-0.05, 0) is 68.1 Å². The molecule has 1 saturated carbocycles. The van der Waals surface area contributed by atoms with Gasteiger partial charge in [-0.25, -0.2) is 8.42 Å². The molecule has 1 aliphatic carbocycles. The number of para-hydroxylation sites is 1. The largest absolute Gasteiger partial charge is 0.497 e. The summed E-state index contributed by atoms with van der Waals surface area (Å²) in [6.07, 6.45) is 4.28. The Morgan fingerprint density at radius 3 is 2.24 bits per heavy atom. The SMILES string of the molecule is CC[C@H](C(=O)NC1CCCC1)N(Cc1ccc(OC)cc1)C(=O)CN(c1ccccc1Cl)S(=O)(=O)c1ccc(C)cc1. The van der Waals surface area contributed by atoms with Crippen LogP contribution in [-0.2, 0) is 26.2 Å². The van der Waals surface area contributed by atoms with Crippen molar-refractivity contribution in [1.82, 2.24) is 10.2 Å². The quantitative estimate of drug-likeness (QED) is 0.283. The van der Waals surface area contributed by atoms with E-state index in [0.717, 1.165) is 41.1 Å². The number of aryl methyl sites for hydroxylation is 1. The molecule has 10 heteroatoms. The molecule has 1 N–H and O–H groups in total. The summed E-state index contributed by atoms with van der Waals surface area (Å²) in [6.45, 7) is 3.29. The van der Waals surface area contributed by atoms with Gasteiger partial charge >= 0.3 is 0 Å². The Hall–Kier alpha value is -3.56. The third kappa shape index (κ3) is 7.44. The van der Waals surface area contributed by atoms with Gasteiger partial charge in [0.05, 0.1) is 22.7 Å². The monoisotopic (exact) mass is 611 g/mol. The zero-order valence-corrected chi connectivity index (χ0v) is 25.8. The molecule has 0 saturated heterocycles. The Morgan fingerprint density at radius 1 is 1.00 bits per heavy atom. The number of hydrogen-bond donors (Lipinski definition) is 1. The standard InChI is InChI=1S/C32H38ClN3O5S/c1-4-29(32(38)34-25-9-5-6-10-25)35(21-24-15-17-26(41-3)18-16-24)31(37)22-36(30-12-8-7-11-28(30)33)42(39,40)27-19-13-23(2)14-20-27/h7-8,11-20,25,29H,4-6,9-10,21-22H2,1-3H3,(H,34,38)/t29-/m1/s1. The highest BCUT2D eigenvalue weighted by Gasteiger charge is 2.35. The molecule has 2 amide bonds. The number of carbonyl (C=O) groups excluding carboxylic acids is 2. The number of hydrogen-bond acceptors (Lipinski definition) is 5. The number of nitrogens with zero attached hydrogens (tertiary/aromatic N) is 2. The number of benzene rings is 3. The minimum atomic E-state index is -4.19. The Balaban J connectivity index is 1.72. The van der Waals surface area contributed by atoms with Crippen LogP contribution in [0.5, 0.6) is 5.75 Å². The fourth-order valence-electron chi connectivity index (χ4n) is 5.22. The topological polar surface area (TPSA) is 96.0 Å². The first kappa shape index (κ1) is 31.4. The van der Waals surface area contributed by atoms with Gasteiger partial charge in [0, 0.05) is 12.6 Å². The van der Waals surface area contributed by atoms with Crippen molar-refractivity contribution in [2.45, 2.75) is 69.5 Å². The molecule has 0 radical (unpaired) electrons. The first-order valence-electron chi connectivity index (χ1n) is 14.2. The molecule has 0 unspecified atom stereocenters. The summed E-state index contributed by atoms with van der Waals surface area (Å²) in [6, 6.07) is 19.5. The van der Waals surface area contributed by atoms with Crippen LogP contribution < -0.4 is 14.4 Å². The van der Waals surface area contributed by atoms with E-state index >= 15 is 0 Å². The molecule has 0 heterocycles. The highest BCUT2D eigenvalue weighted by molar-refractivity contribution is 7.92. The molecule has 42 heavy (non-hydrogen) atoms. The van der Waals surface area contributed by atoms with Gasteiger partial charge in [-0.1, -0.05) is 73.3 Å². The van der Waals surface area contributed by atoms with Crippen molar-refractivity contribution in [1.29, 1.82) is 0 Å². The summed E-state index contributed by atoms with van der Waals surface area (Å²) < 4.78 is 34.3. The van der Waals surface area contributed by atoms with Crippen LogP contribution in [0.2, 0.25) is 5.02 Å². The minimum absolute atomic E-state index is 0.0357. The van der Waals surface area contributed by atoms with Crippen molar-refractivity contribution in [3.05, 3.63) is 88.9 Å². The molecule has 3 aromatic rings. The lowest BCUT2D eigenvalue weighted by atomic mass is 10.1. The van der Waals surface area contributed by atoms with E-state index in [-0.39, 0.29) is 34.1 Å². The number of methoxy groups -OCH3 is 1. The van der Waals surface area contributed by atoms with Gasteiger partial charge in [0.25, 0.3) is 10.0 Å². The Kier molecular flexibility index (Phi) is 10.5. The van der Waals surface area contributed by atoms with Gasteiger partial charge < -0.3 is 15.0 Å². The van der Waals surface area contributed by atoms with Gasteiger partial charge in [-0.15, -0.1) is 0 Å². The molecule has 4 rings (SSSR count). The first-order chi connectivity index (χ1) is 20.1. The molecule has 0 spiro atoms. The Bertz CT molecular complexity index is 1470. The lowest BCUT2D eigenvalue weighted by Gasteiger charge is -2.34. The molecule has 0 aromatic heterocycles. The average Bonchev–Trinajstić information content (AvgIpc) is 3.49. The molecule has 224 valence electrons. The number of amides is 2. The van der Waals surface area contributed by atoms with Crippen molar-refractivity contribution in [2.24, 2.45) is 0 Å². The number of anilines is 1. The fraction of sp³-hybridized carbons (Fsp3) is 0.375. The van der Waals surface area contributed by atoms with Crippen LogP contribution in [0.15, 0.2) is 77.7 Å². The molecule has 0 aliphatic heterocycles. The van der Waals surface area contributed by atoms with E-state index < -0.39 is 28.5 Å². The summed E-state index contributed by atoms with van der Waals surface area (Å²) in [7, 11) is -2.62. The predicted molar refractivity (Wildman–Crippen MR) is 165 cm³/mol. The van der Waals surface area contributed by atoms with Gasteiger partial charge in [0.2, 0.25) is 11.8 Å². The van der Waals surface area contributed by atoms with E-state index in [1.54, 1.807) is 55.6 Å². The summed E-state index contributed by atoms with van der Waals surface area (Å²) >= 11 is 6.49. The second kappa shape index (κ2) is 14.1. The zero-order valence-electron chi connectivity index (χ0n) is 24.3. The number of nitrogens with one attached hydrogen (secondary N) is 1. The van der Waals surface area contributed by atoms with E-state index in [2.05, 4.69) is 5.32 Å². The second-order valence-corrected chi connectivity index (χ2v) is 12.8. The van der Waals surface area contributed by atoms with E-state index in [1.165, 1.54) is 17.0 Å². The maximum absolute atomic E-state index is 14.2. The highest BCUT2D eigenvalue weighted by Crippen LogP contribution is 2.31. The summed E-state index contributed by atoms with van der Waals surface area (Å²) in [5.41, 5.74) is 1.86. The van der Waals surface area contributed by atoms with Crippen molar-refractivity contribution in [3.8, 4) is 5.75 Å². The van der Waals surface area contributed by atoms with Crippen molar-refractivity contribution < 1.29 is 22.7 Å². The third-order valence-corrected chi connectivity index (χ3v) is 9.70. The second-order valence-electron chi connectivity index (χ2n) is 10.6. The normalized spacial score (nSPS) is 14.3. The molecule has 1 atom stereocenters. The van der Waals surface area contributed by atoms with Crippen molar-refractivity contribution >= 4 is 39.1 Å². The molecular formula is C32H38ClN3O5S. The fourth-order valence-corrected chi connectivity index (χ4v) is 6.94. The molecule has 0 bridgehead atoms. The Morgan fingerprint density at radius 2 is 1.64 bits per heavy atom. The van der Waals surface area contributed by atoms with Gasteiger partial charge in [-0.2, -0.15) is 0 Å². The van der Waals surface area contributed by atoms with Crippen LogP contribution in [0, 0.1) is 6.92 Å². The maximum Gasteiger partial charge on any atom is 0.264 e. The Labute approximate surface area is 253 Å².